The highest BCUT2D eigenvalue weighted by molar-refractivity contribution is 6.31. The maximum Gasteiger partial charge on any atom is 0.137 e. The third-order valence-electron chi connectivity index (χ3n) is 2.75. The number of furan rings is 1. The topological polar surface area (TPSA) is 34.4 Å². The number of hydrogen-bond donors (Lipinski definition) is 1. The average molecular weight is 254 g/mol. The van der Waals surface area contributed by atoms with Gasteiger partial charge in [0, 0.05) is 23.1 Å². The predicted molar refractivity (Wildman–Crippen MR) is 69.4 cm³/mol. The van der Waals surface area contributed by atoms with Crippen molar-refractivity contribution in [2.24, 2.45) is 0 Å². The van der Waals surface area contributed by atoms with E-state index < -0.39 is 0 Å². The van der Waals surface area contributed by atoms with Gasteiger partial charge in [-0.15, -0.1) is 0 Å². The van der Waals surface area contributed by atoms with Gasteiger partial charge >= 0.3 is 0 Å². The van der Waals surface area contributed by atoms with Crippen molar-refractivity contribution < 1.29 is 9.15 Å². The summed E-state index contributed by atoms with van der Waals surface area (Å²) in [5, 5.41) is 4.87. The summed E-state index contributed by atoms with van der Waals surface area (Å²) in [6.07, 6.45) is 0. The average Bonchev–Trinajstić information content (AvgIpc) is 2.59. The standard InChI is InChI=1S/C13H16ClNO2/c1-8-4-9(14)5-10-11(7-16-3)12(6-15-2)17-13(8)10/h4-5,15H,6-7H2,1-3H3. The number of hydrogen-bond acceptors (Lipinski definition) is 3. The van der Waals surface area contributed by atoms with Gasteiger partial charge in [0.2, 0.25) is 0 Å². The molecule has 0 aliphatic carbocycles. The lowest BCUT2D eigenvalue weighted by atomic mass is 10.1. The molecule has 92 valence electrons. The van der Waals surface area contributed by atoms with Crippen LogP contribution in [0.1, 0.15) is 16.9 Å². The van der Waals surface area contributed by atoms with Crippen molar-refractivity contribution in [1.82, 2.24) is 5.32 Å². The molecule has 0 aliphatic heterocycles. The maximum absolute atomic E-state index is 6.08. The summed E-state index contributed by atoms with van der Waals surface area (Å²) in [4.78, 5) is 0. The smallest absolute Gasteiger partial charge is 0.137 e. The van der Waals surface area contributed by atoms with Gasteiger partial charge in [0.15, 0.2) is 0 Å². The Morgan fingerprint density at radius 3 is 2.82 bits per heavy atom. The quantitative estimate of drug-likeness (QED) is 0.908. The molecule has 0 aliphatic rings. The van der Waals surface area contributed by atoms with E-state index in [2.05, 4.69) is 5.32 Å². The van der Waals surface area contributed by atoms with Crippen molar-refractivity contribution in [1.29, 1.82) is 0 Å². The van der Waals surface area contributed by atoms with Crippen LogP contribution in [0.15, 0.2) is 16.5 Å². The lowest BCUT2D eigenvalue weighted by Gasteiger charge is -2.01. The first-order valence-corrected chi connectivity index (χ1v) is 5.89. The molecule has 0 fully saturated rings. The van der Waals surface area contributed by atoms with Gasteiger partial charge in [-0.1, -0.05) is 11.6 Å². The Hall–Kier alpha value is -1.03. The Morgan fingerprint density at radius 2 is 2.18 bits per heavy atom. The van der Waals surface area contributed by atoms with Crippen LogP contribution in [0.5, 0.6) is 0 Å². The molecule has 0 radical (unpaired) electrons. The first-order chi connectivity index (χ1) is 8.17. The minimum absolute atomic E-state index is 0.532. The Bertz CT molecular complexity index is 534. The molecule has 1 heterocycles. The van der Waals surface area contributed by atoms with E-state index in [0.717, 1.165) is 32.9 Å². The van der Waals surface area contributed by atoms with E-state index in [9.17, 15) is 0 Å². The Balaban J connectivity index is 2.66. The van der Waals surface area contributed by atoms with Gasteiger partial charge in [0.25, 0.3) is 0 Å². The fourth-order valence-corrected chi connectivity index (χ4v) is 2.30. The van der Waals surface area contributed by atoms with Crippen LogP contribution in [0.2, 0.25) is 5.02 Å². The van der Waals surface area contributed by atoms with Crippen molar-refractivity contribution >= 4 is 22.6 Å². The van der Waals surface area contributed by atoms with E-state index in [1.165, 1.54) is 0 Å². The first kappa shape index (κ1) is 12.4. The van der Waals surface area contributed by atoms with Gasteiger partial charge in [-0.2, -0.15) is 0 Å². The van der Waals surface area contributed by atoms with Crippen molar-refractivity contribution in [3.8, 4) is 0 Å². The van der Waals surface area contributed by atoms with Crippen LogP contribution in [0, 0.1) is 6.92 Å². The van der Waals surface area contributed by atoms with Gasteiger partial charge in [-0.3, -0.25) is 0 Å². The Morgan fingerprint density at radius 1 is 1.41 bits per heavy atom. The van der Waals surface area contributed by atoms with Crippen LogP contribution in [-0.2, 0) is 17.9 Å². The van der Waals surface area contributed by atoms with E-state index in [1.54, 1.807) is 7.11 Å². The minimum Gasteiger partial charge on any atom is -0.459 e. The number of fused-ring (bicyclic) bond motifs is 1. The zero-order valence-corrected chi connectivity index (χ0v) is 11.0. The van der Waals surface area contributed by atoms with Crippen LogP contribution in [0.4, 0.5) is 0 Å². The van der Waals surface area contributed by atoms with Crippen LogP contribution < -0.4 is 5.32 Å². The minimum atomic E-state index is 0.532. The zero-order chi connectivity index (χ0) is 12.4. The van der Waals surface area contributed by atoms with Gasteiger partial charge in [-0.05, 0) is 31.7 Å². The third kappa shape index (κ3) is 2.32. The van der Waals surface area contributed by atoms with Crippen molar-refractivity contribution in [3.05, 3.63) is 34.0 Å². The summed E-state index contributed by atoms with van der Waals surface area (Å²) in [6, 6.07) is 3.84. The van der Waals surface area contributed by atoms with E-state index >= 15 is 0 Å². The predicted octanol–water partition coefficient (Wildman–Crippen LogP) is 3.26. The van der Waals surface area contributed by atoms with Crippen LogP contribution in [-0.4, -0.2) is 14.2 Å². The normalized spacial score (nSPS) is 11.3. The van der Waals surface area contributed by atoms with Gasteiger partial charge < -0.3 is 14.5 Å². The fraction of sp³-hybridized carbons (Fsp3) is 0.385. The van der Waals surface area contributed by atoms with Crippen molar-refractivity contribution in [2.75, 3.05) is 14.2 Å². The monoisotopic (exact) mass is 253 g/mol. The lowest BCUT2D eigenvalue weighted by Crippen LogP contribution is -2.06. The highest BCUT2D eigenvalue weighted by Gasteiger charge is 2.15. The zero-order valence-electron chi connectivity index (χ0n) is 10.3. The molecule has 0 atom stereocenters. The van der Waals surface area contributed by atoms with Crippen LogP contribution in [0.25, 0.3) is 11.0 Å². The summed E-state index contributed by atoms with van der Waals surface area (Å²) < 4.78 is 11.1. The van der Waals surface area contributed by atoms with Crippen molar-refractivity contribution in [3.63, 3.8) is 0 Å². The number of rotatable bonds is 4. The molecule has 0 saturated carbocycles. The number of nitrogens with one attached hydrogen (secondary N) is 1. The molecule has 3 nitrogen and oxygen atoms in total. The molecule has 0 spiro atoms. The number of benzene rings is 1. The first-order valence-electron chi connectivity index (χ1n) is 5.51. The summed E-state index contributed by atoms with van der Waals surface area (Å²) in [7, 11) is 3.57. The second-order valence-corrected chi connectivity index (χ2v) is 4.50. The second kappa shape index (κ2) is 5.08. The van der Waals surface area contributed by atoms with E-state index in [0.29, 0.717) is 13.2 Å². The molecule has 0 saturated heterocycles. The molecule has 0 bridgehead atoms. The molecule has 0 amide bonds. The molecule has 2 aromatic rings. The molecule has 2 rings (SSSR count). The summed E-state index contributed by atoms with van der Waals surface area (Å²) in [5.74, 6) is 0.912. The SMILES string of the molecule is CNCc1oc2c(C)cc(Cl)cc2c1COC. The molecule has 4 heteroatoms. The van der Waals surface area contributed by atoms with E-state index in [-0.39, 0.29) is 0 Å². The highest BCUT2D eigenvalue weighted by atomic mass is 35.5. The number of methoxy groups -OCH3 is 1. The summed E-state index contributed by atoms with van der Waals surface area (Å²) in [6.45, 7) is 3.21. The van der Waals surface area contributed by atoms with Gasteiger partial charge in [0.05, 0.1) is 13.2 Å². The maximum atomic E-state index is 6.08. The summed E-state index contributed by atoms with van der Waals surface area (Å²) in [5.41, 5.74) is 3.02. The lowest BCUT2D eigenvalue weighted by molar-refractivity contribution is 0.183. The number of aryl methyl sites for hydroxylation is 1. The number of ether oxygens (including phenoxy) is 1. The number of halogens is 1. The molecular formula is C13H16ClNO2. The largest absolute Gasteiger partial charge is 0.459 e. The third-order valence-corrected chi connectivity index (χ3v) is 2.97. The fourth-order valence-electron chi connectivity index (χ4n) is 2.03. The summed E-state index contributed by atoms with van der Waals surface area (Å²) >= 11 is 6.08. The highest BCUT2D eigenvalue weighted by Crippen LogP contribution is 2.31. The molecule has 1 N–H and O–H groups in total. The second-order valence-electron chi connectivity index (χ2n) is 4.07. The van der Waals surface area contributed by atoms with E-state index in [4.69, 9.17) is 20.8 Å². The van der Waals surface area contributed by atoms with Gasteiger partial charge in [-0.25, -0.2) is 0 Å². The molecule has 1 aromatic carbocycles. The van der Waals surface area contributed by atoms with Crippen LogP contribution >= 0.6 is 11.6 Å². The van der Waals surface area contributed by atoms with Gasteiger partial charge in [0.1, 0.15) is 11.3 Å². The molecule has 0 unspecified atom stereocenters. The molecule has 17 heavy (non-hydrogen) atoms. The Kier molecular flexibility index (Phi) is 3.72. The molecule has 1 aromatic heterocycles. The van der Waals surface area contributed by atoms with E-state index in [1.807, 2.05) is 26.1 Å². The Labute approximate surface area is 106 Å². The van der Waals surface area contributed by atoms with Crippen LogP contribution in [0.3, 0.4) is 0 Å². The van der Waals surface area contributed by atoms with Crippen molar-refractivity contribution in [2.45, 2.75) is 20.1 Å². The molecular weight excluding hydrogens is 238 g/mol.